The van der Waals surface area contributed by atoms with Crippen molar-refractivity contribution in [3.8, 4) is 0 Å². The Morgan fingerprint density at radius 2 is 1.70 bits per heavy atom. The van der Waals surface area contributed by atoms with Gasteiger partial charge in [0.1, 0.15) is 6.04 Å². The number of piperidine rings is 1. The molecule has 2 amide bonds. The first-order valence-corrected chi connectivity index (χ1v) is 17.4. The fourth-order valence-electron chi connectivity index (χ4n) is 8.04. The molecule has 2 aliphatic heterocycles. The van der Waals surface area contributed by atoms with E-state index >= 15 is 0 Å². The van der Waals surface area contributed by atoms with Crippen LogP contribution in [0.4, 0.5) is 10.5 Å². The minimum Gasteiger partial charge on any atom is -0.480 e. The number of benzene rings is 2. The molecule has 3 atom stereocenters. The highest BCUT2D eigenvalue weighted by molar-refractivity contribution is 5.75. The maximum atomic E-state index is 13.4. The number of aliphatic carboxylic acids is 1. The van der Waals surface area contributed by atoms with Crippen LogP contribution < -0.4 is 5.32 Å². The van der Waals surface area contributed by atoms with Crippen molar-refractivity contribution in [2.24, 2.45) is 11.8 Å². The standard InChI is InChI=1S/C36H51N5O5/c1-2-3-20-40(36(44)37-23-27-14-16-32(17-15-27)41(45)46)31-18-21-38(22-19-31)24-30-25-39(26-33(30)28-10-6-4-7-11-28)34(35(42)43)29-12-8-5-9-13-29/h4,6-7,10-11,14-17,29-31,33-34H,2-3,5,8-9,12-13,18-26H2,1H3,(H,37,44)(H,42,43)/t30-,33+,34+/m0/s1. The Morgan fingerprint density at radius 1 is 1.00 bits per heavy atom. The van der Waals surface area contributed by atoms with Gasteiger partial charge in [0.05, 0.1) is 4.92 Å². The number of urea groups is 1. The molecule has 2 aromatic rings. The summed E-state index contributed by atoms with van der Waals surface area (Å²) < 4.78 is 0. The van der Waals surface area contributed by atoms with Crippen molar-refractivity contribution in [1.29, 1.82) is 0 Å². The normalized spacial score (nSPS) is 22.4. The van der Waals surface area contributed by atoms with Crippen molar-refractivity contribution in [3.05, 3.63) is 75.8 Å². The average molecular weight is 634 g/mol. The maximum absolute atomic E-state index is 13.4. The molecule has 0 spiro atoms. The van der Waals surface area contributed by atoms with Gasteiger partial charge < -0.3 is 20.2 Å². The summed E-state index contributed by atoms with van der Waals surface area (Å²) in [6, 6.07) is 16.6. The molecule has 5 rings (SSSR count). The summed E-state index contributed by atoms with van der Waals surface area (Å²) in [7, 11) is 0. The predicted octanol–water partition coefficient (Wildman–Crippen LogP) is 6.12. The molecule has 250 valence electrons. The van der Waals surface area contributed by atoms with Crippen LogP contribution in [0.2, 0.25) is 0 Å². The molecule has 0 aromatic heterocycles. The van der Waals surface area contributed by atoms with E-state index in [0.717, 1.165) is 89.7 Å². The fraction of sp³-hybridized carbons (Fsp3) is 0.611. The van der Waals surface area contributed by atoms with Crippen LogP contribution in [-0.2, 0) is 11.3 Å². The maximum Gasteiger partial charge on any atom is 0.321 e. The van der Waals surface area contributed by atoms with Gasteiger partial charge in [0, 0.05) is 69.9 Å². The topological polar surface area (TPSA) is 119 Å². The largest absolute Gasteiger partial charge is 0.480 e. The van der Waals surface area contributed by atoms with Gasteiger partial charge in [0.15, 0.2) is 0 Å². The summed E-state index contributed by atoms with van der Waals surface area (Å²) in [5, 5.41) is 24.4. The number of carboxylic acids is 1. The number of unbranched alkanes of at least 4 members (excludes halogenated alkanes) is 1. The van der Waals surface area contributed by atoms with Crippen molar-refractivity contribution in [1.82, 2.24) is 20.0 Å². The fourth-order valence-corrected chi connectivity index (χ4v) is 8.04. The third-order valence-corrected chi connectivity index (χ3v) is 10.5. The second-order valence-corrected chi connectivity index (χ2v) is 13.6. The van der Waals surface area contributed by atoms with E-state index in [2.05, 4.69) is 46.3 Å². The minimum atomic E-state index is -0.667. The second kappa shape index (κ2) is 16.4. The summed E-state index contributed by atoms with van der Waals surface area (Å²) in [6.45, 7) is 7.51. The van der Waals surface area contributed by atoms with Gasteiger partial charge in [-0.2, -0.15) is 0 Å². The third-order valence-electron chi connectivity index (χ3n) is 10.5. The molecule has 2 aromatic carbocycles. The molecule has 2 N–H and O–H groups in total. The first-order valence-electron chi connectivity index (χ1n) is 17.4. The number of carboxylic acid groups (broad SMARTS) is 1. The number of rotatable bonds is 13. The molecular formula is C36H51N5O5. The number of non-ortho nitro benzene ring substituents is 1. The number of hydrogen-bond acceptors (Lipinski definition) is 6. The summed E-state index contributed by atoms with van der Waals surface area (Å²) in [6.07, 6.45) is 9.25. The van der Waals surface area contributed by atoms with Gasteiger partial charge in [0.25, 0.3) is 5.69 Å². The lowest BCUT2D eigenvalue weighted by Crippen LogP contribution is -2.51. The number of carbonyl (C=O) groups excluding carboxylic acids is 1. The Morgan fingerprint density at radius 3 is 2.33 bits per heavy atom. The Kier molecular flexibility index (Phi) is 12.0. The van der Waals surface area contributed by atoms with E-state index in [1.807, 2.05) is 11.0 Å². The van der Waals surface area contributed by atoms with Crippen LogP contribution in [0.15, 0.2) is 54.6 Å². The molecule has 3 fully saturated rings. The summed E-state index contributed by atoms with van der Waals surface area (Å²) >= 11 is 0. The van der Waals surface area contributed by atoms with Crippen LogP contribution in [-0.4, -0.2) is 88.1 Å². The molecule has 46 heavy (non-hydrogen) atoms. The SMILES string of the molecule is CCCCN(C(=O)NCc1ccc([N+](=O)[O-])cc1)C1CCN(C[C@H]2CN([C@@H](C(=O)O)C3CCCCC3)C[C@@H]2c2ccccc2)CC1. The van der Waals surface area contributed by atoms with Crippen LogP contribution in [0.25, 0.3) is 0 Å². The summed E-state index contributed by atoms with van der Waals surface area (Å²) in [5.74, 6) is 0.221. The Labute approximate surface area is 273 Å². The van der Waals surface area contributed by atoms with Crippen molar-refractivity contribution >= 4 is 17.7 Å². The van der Waals surface area contributed by atoms with Gasteiger partial charge in [-0.3, -0.25) is 19.8 Å². The summed E-state index contributed by atoms with van der Waals surface area (Å²) in [5.41, 5.74) is 2.17. The Bertz CT molecular complexity index is 1280. The van der Waals surface area contributed by atoms with E-state index in [-0.39, 0.29) is 23.7 Å². The molecule has 0 bridgehead atoms. The molecule has 0 radical (unpaired) electrons. The molecule has 2 heterocycles. The van der Waals surface area contributed by atoms with Gasteiger partial charge in [0.2, 0.25) is 0 Å². The highest BCUT2D eigenvalue weighted by Crippen LogP contribution is 2.38. The number of likely N-dealkylation sites (tertiary alicyclic amines) is 2. The number of carbonyl (C=O) groups is 2. The highest BCUT2D eigenvalue weighted by atomic mass is 16.6. The monoisotopic (exact) mass is 633 g/mol. The molecule has 1 saturated carbocycles. The Hall–Kier alpha value is -3.50. The number of nitro groups is 1. The lowest BCUT2D eigenvalue weighted by molar-refractivity contribution is -0.384. The van der Waals surface area contributed by atoms with E-state index in [1.165, 1.54) is 24.1 Å². The van der Waals surface area contributed by atoms with E-state index < -0.39 is 16.9 Å². The minimum absolute atomic E-state index is 0.0396. The quantitative estimate of drug-likeness (QED) is 0.202. The smallest absolute Gasteiger partial charge is 0.321 e. The van der Waals surface area contributed by atoms with E-state index in [9.17, 15) is 24.8 Å². The zero-order valence-corrected chi connectivity index (χ0v) is 27.3. The number of nitro benzene ring substituents is 1. The summed E-state index contributed by atoms with van der Waals surface area (Å²) in [4.78, 5) is 43.4. The number of hydrogen-bond donors (Lipinski definition) is 2. The molecule has 10 heteroatoms. The second-order valence-electron chi connectivity index (χ2n) is 13.6. The molecule has 3 aliphatic rings. The lowest BCUT2D eigenvalue weighted by Gasteiger charge is -2.40. The van der Waals surface area contributed by atoms with E-state index in [4.69, 9.17) is 0 Å². The molecule has 1 aliphatic carbocycles. The third kappa shape index (κ3) is 8.64. The molecular weight excluding hydrogens is 582 g/mol. The molecule has 10 nitrogen and oxygen atoms in total. The zero-order chi connectivity index (χ0) is 32.5. The first kappa shape index (κ1) is 33.9. The molecule has 0 unspecified atom stereocenters. The average Bonchev–Trinajstić information content (AvgIpc) is 3.48. The van der Waals surface area contributed by atoms with Crippen LogP contribution >= 0.6 is 0 Å². The lowest BCUT2D eigenvalue weighted by atomic mass is 9.83. The first-order chi connectivity index (χ1) is 22.3. The number of nitrogens with one attached hydrogen (secondary N) is 1. The van der Waals surface area contributed by atoms with Gasteiger partial charge in [-0.15, -0.1) is 0 Å². The van der Waals surface area contributed by atoms with E-state index in [0.29, 0.717) is 24.9 Å². The van der Waals surface area contributed by atoms with Crippen molar-refractivity contribution in [2.45, 2.75) is 89.3 Å². The molecule has 2 saturated heterocycles. The van der Waals surface area contributed by atoms with Crippen LogP contribution in [0.3, 0.4) is 0 Å². The van der Waals surface area contributed by atoms with Gasteiger partial charge in [-0.25, -0.2) is 4.79 Å². The number of amides is 2. The van der Waals surface area contributed by atoms with Crippen LogP contribution in [0.1, 0.15) is 81.8 Å². The number of nitrogens with zero attached hydrogens (tertiary/aromatic N) is 4. The van der Waals surface area contributed by atoms with Gasteiger partial charge in [-0.05, 0) is 55.1 Å². The highest BCUT2D eigenvalue weighted by Gasteiger charge is 2.43. The Balaban J connectivity index is 1.20. The zero-order valence-electron chi connectivity index (χ0n) is 27.3. The van der Waals surface area contributed by atoms with Crippen LogP contribution in [0.5, 0.6) is 0 Å². The van der Waals surface area contributed by atoms with E-state index in [1.54, 1.807) is 12.1 Å². The predicted molar refractivity (Wildman–Crippen MR) is 179 cm³/mol. The van der Waals surface area contributed by atoms with Gasteiger partial charge in [-0.1, -0.05) is 75.1 Å². The van der Waals surface area contributed by atoms with Gasteiger partial charge >= 0.3 is 12.0 Å². The van der Waals surface area contributed by atoms with Crippen molar-refractivity contribution in [3.63, 3.8) is 0 Å². The van der Waals surface area contributed by atoms with Crippen LogP contribution in [0, 0.1) is 22.0 Å². The van der Waals surface area contributed by atoms with Crippen molar-refractivity contribution in [2.75, 3.05) is 39.3 Å². The van der Waals surface area contributed by atoms with Crippen molar-refractivity contribution < 1.29 is 19.6 Å².